The molecule has 0 saturated carbocycles. The molecule has 152 valence electrons. The van der Waals surface area contributed by atoms with Crippen LogP contribution in [-0.2, 0) is 20.9 Å². The summed E-state index contributed by atoms with van der Waals surface area (Å²) in [5, 5.41) is 8.81. The van der Waals surface area contributed by atoms with Gasteiger partial charge in [0.15, 0.2) is 12.7 Å². The predicted octanol–water partition coefficient (Wildman–Crippen LogP) is 3.70. The van der Waals surface area contributed by atoms with E-state index in [0.717, 1.165) is 5.56 Å². The van der Waals surface area contributed by atoms with Crippen LogP contribution in [-0.4, -0.2) is 35.0 Å². The molecule has 0 aliphatic carbocycles. The smallest absolute Gasteiger partial charge is 0.347 e. The highest BCUT2D eigenvalue weighted by atomic mass is 16.6. The van der Waals surface area contributed by atoms with Gasteiger partial charge < -0.3 is 14.4 Å². The molecule has 0 bridgehead atoms. The van der Waals surface area contributed by atoms with Gasteiger partial charge in [0.25, 0.3) is 5.91 Å². The van der Waals surface area contributed by atoms with Crippen molar-refractivity contribution in [3.63, 3.8) is 0 Å². The van der Waals surface area contributed by atoms with Gasteiger partial charge in [0, 0.05) is 12.1 Å². The highest BCUT2D eigenvalue weighted by Gasteiger charge is 2.28. The van der Waals surface area contributed by atoms with Gasteiger partial charge in [-0.2, -0.15) is 5.26 Å². The number of hydrogen-bond donors (Lipinski definition) is 0. The van der Waals surface area contributed by atoms with E-state index in [0.29, 0.717) is 17.9 Å². The number of carbonyl (C=O) groups excluding carboxylic acids is 2. The summed E-state index contributed by atoms with van der Waals surface area (Å²) >= 11 is 0. The molecular formula is C23H26N2O4. The molecule has 0 aromatic heterocycles. The normalized spacial score (nSPS) is 11.8. The molecule has 6 heteroatoms. The van der Waals surface area contributed by atoms with Gasteiger partial charge in [0.1, 0.15) is 5.75 Å². The van der Waals surface area contributed by atoms with Crippen LogP contribution < -0.4 is 4.74 Å². The molecule has 0 radical (unpaired) electrons. The van der Waals surface area contributed by atoms with Gasteiger partial charge in [-0.05, 0) is 57.5 Å². The number of nitrogens with zero attached hydrogens (tertiary/aromatic N) is 2. The Morgan fingerprint density at radius 3 is 2.24 bits per heavy atom. The van der Waals surface area contributed by atoms with E-state index in [2.05, 4.69) is 0 Å². The number of amides is 1. The molecule has 0 spiro atoms. The van der Waals surface area contributed by atoms with Crippen LogP contribution in [0, 0.1) is 11.3 Å². The molecule has 2 aromatic carbocycles. The predicted molar refractivity (Wildman–Crippen MR) is 109 cm³/mol. The van der Waals surface area contributed by atoms with E-state index in [9.17, 15) is 9.59 Å². The number of hydrogen-bond acceptors (Lipinski definition) is 5. The summed E-state index contributed by atoms with van der Waals surface area (Å²) in [5.41, 5.74) is 1.07. The van der Waals surface area contributed by atoms with Crippen LogP contribution in [0.4, 0.5) is 0 Å². The molecular weight excluding hydrogens is 368 g/mol. The molecule has 6 nitrogen and oxygen atoms in total. The topological polar surface area (TPSA) is 79.6 Å². The van der Waals surface area contributed by atoms with Gasteiger partial charge in [0.2, 0.25) is 0 Å². The summed E-state index contributed by atoms with van der Waals surface area (Å²) in [4.78, 5) is 26.6. The van der Waals surface area contributed by atoms with E-state index in [1.807, 2.05) is 57.2 Å². The number of carbonyl (C=O) groups is 2. The Hall–Kier alpha value is -3.33. The van der Waals surface area contributed by atoms with Gasteiger partial charge in [-0.15, -0.1) is 0 Å². The average molecular weight is 394 g/mol. The Bertz CT molecular complexity index is 864. The number of nitriles is 1. The zero-order chi connectivity index (χ0) is 21.4. The second kappa shape index (κ2) is 9.74. The first-order chi connectivity index (χ1) is 13.7. The summed E-state index contributed by atoms with van der Waals surface area (Å²) in [7, 11) is 0. The number of rotatable bonds is 7. The van der Waals surface area contributed by atoms with Crippen LogP contribution in [0.2, 0.25) is 0 Å². The third-order valence-corrected chi connectivity index (χ3v) is 4.26. The van der Waals surface area contributed by atoms with Crippen LogP contribution in [0.1, 0.15) is 38.8 Å². The first-order valence-electron chi connectivity index (χ1n) is 9.38. The first-order valence-corrected chi connectivity index (χ1v) is 9.38. The molecule has 2 aromatic rings. The van der Waals surface area contributed by atoms with E-state index in [-0.39, 0.29) is 12.5 Å². The SMILES string of the molecule is CC(Oc1ccc(C#N)cc1)C(=O)OCC(=O)N(Cc1ccccc1)C(C)(C)C. The zero-order valence-corrected chi connectivity index (χ0v) is 17.2. The van der Waals surface area contributed by atoms with Crippen molar-refractivity contribution in [3.05, 3.63) is 65.7 Å². The van der Waals surface area contributed by atoms with Crippen molar-refractivity contribution in [2.24, 2.45) is 0 Å². The first kappa shape index (κ1) is 22.0. The van der Waals surface area contributed by atoms with E-state index in [1.54, 1.807) is 36.1 Å². The molecule has 1 amide bonds. The third kappa shape index (κ3) is 6.65. The molecule has 2 rings (SSSR count). The molecule has 0 saturated heterocycles. The Balaban J connectivity index is 1.93. The molecule has 0 aliphatic rings. The molecule has 0 N–H and O–H groups in total. The van der Waals surface area contributed by atoms with E-state index in [1.165, 1.54) is 0 Å². The van der Waals surface area contributed by atoms with Gasteiger partial charge in [0.05, 0.1) is 11.6 Å². The maximum Gasteiger partial charge on any atom is 0.347 e. The fourth-order valence-electron chi connectivity index (χ4n) is 2.65. The summed E-state index contributed by atoms with van der Waals surface area (Å²) in [6.45, 7) is 7.43. The Kier molecular flexibility index (Phi) is 7.38. The lowest BCUT2D eigenvalue weighted by molar-refractivity contribution is -0.159. The molecule has 0 aliphatic heterocycles. The standard InChI is InChI=1S/C23H26N2O4/c1-17(29-20-12-10-18(14-24)11-13-20)22(27)28-16-21(26)25(23(2,3)4)15-19-8-6-5-7-9-19/h5-13,17H,15-16H2,1-4H3. The monoisotopic (exact) mass is 394 g/mol. The molecule has 0 fully saturated rings. The summed E-state index contributed by atoms with van der Waals surface area (Å²) in [6, 6.07) is 18.1. The quantitative estimate of drug-likeness (QED) is 0.669. The van der Waals surface area contributed by atoms with Crippen molar-refractivity contribution < 1.29 is 19.1 Å². The zero-order valence-electron chi connectivity index (χ0n) is 17.2. The molecule has 29 heavy (non-hydrogen) atoms. The second-order valence-electron chi connectivity index (χ2n) is 7.64. The minimum atomic E-state index is -0.882. The minimum absolute atomic E-state index is 0.278. The summed E-state index contributed by atoms with van der Waals surface area (Å²) in [6.07, 6.45) is -0.882. The average Bonchev–Trinajstić information content (AvgIpc) is 2.70. The van der Waals surface area contributed by atoms with E-state index >= 15 is 0 Å². The van der Waals surface area contributed by atoms with Crippen molar-refractivity contribution in [2.45, 2.75) is 45.9 Å². The lowest BCUT2D eigenvalue weighted by atomic mass is 10.0. The maximum absolute atomic E-state index is 12.7. The highest BCUT2D eigenvalue weighted by Crippen LogP contribution is 2.18. The van der Waals surface area contributed by atoms with Crippen LogP contribution in [0.25, 0.3) is 0 Å². The fourth-order valence-corrected chi connectivity index (χ4v) is 2.65. The van der Waals surface area contributed by atoms with Crippen molar-refractivity contribution in [1.29, 1.82) is 5.26 Å². The lowest BCUT2D eigenvalue weighted by Gasteiger charge is -2.35. The molecule has 1 unspecified atom stereocenters. The largest absolute Gasteiger partial charge is 0.479 e. The maximum atomic E-state index is 12.7. The van der Waals surface area contributed by atoms with Gasteiger partial charge in [-0.1, -0.05) is 30.3 Å². The van der Waals surface area contributed by atoms with Crippen LogP contribution in [0.15, 0.2) is 54.6 Å². The van der Waals surface area contributed by atoms with Crippen LogP contribution in [0.3, 0.4) is 0 Å². The van der Waals surface area contributed by atoms with Gasteiger partial charge in [-0.3, -0.25) is 4.79 Å². The number of ether oxygens (including phenoxy) is 2. The van der Waals surface area contributed by atoms with Crippen molar-refractivity contribution in [2.75, 3.05) is 6.61 Å². The van der Waals surface area contributed by atoms with E-state index in [4.69, 9.17) is 14.7 Å². The Morgan fingerprint density at radius 2 is 1.69 bits per heavy atom. The molecule has 0 heterocycles. The van der Waals surface area contributed by atoms with Crippen molar-refractivity contribution >= 4 is 11.9 Å². The lowest BCUT2D eigenvalue weighted by Crippen LogP contribution is -2.47. The van der Waals surface area contributed by atoms with E-state index < -0.39 is 17.6 Å². The van der Waals surface area contributed by atoms with Crippen molar-refractivity contribution in [3.8, 4) is 11.8 Å². The number of benzene rings is 2. The highest BCUT2D eigenvalue weighted by molar-refractivity contribution is 5.82. The van der Waals surface area contributed by atoms with Gasteiger partial charge >= 0.3 is 5.97 Å². The Labute approximate surface area is 171 Å². The van der Waals surface area contributed by atoms with Gasteiger partial charge in [-0.25, -0.2) is 4.79 Å². The van der Waals surface area contributed by atoms with Crippen molar-refractivity contribution in [1.82, 2.24) is 4.90 Å². The Morgan fingerprint density at radius 1 is 1.07 bits per heavy atom. The second-order valence-corrected chi connectivity index (χ2v) is 7.64. The summed E-state index contributed by atoms with van der Waals surface area (Å²) < 4.78 is 10.7. The minimum Gasteiger partial charge on any atom is -0.479 e. The van der Waals surface area contributed by atoms with Crippen LogP contribution in [0.5, 0.6) is 5.75 Å². The summed E-state index contributed by atoms with van der Waals surface area (Å²) in [5.74, 6) is -0.461. The fraction of sp³-hybridized carbons (Fsp3) is 0.348. The number of esters is 1. The third-order valence-electron chi connectivity index (χ3n) is 4.26. The van der Waals surface area contributed by atoms with Crippen LogP contribution >= 0.6 is 0 Å². The molecule has 1 atom stereocenters.